The molecular weight excluding hydrogens is 406 g/mol. The van der Waals surface area contributed by atoms with Crippen LogP contribution in [-0.2, 0) is 23.7 Å². The molecule has 0 spiro atoms. The largest absolute Gasteiger partial charge is 0.385 e. The summed E-state index contributed by atoms with van der Waals surface area (Å²) < 4.78 is 66.4. The first-order valence-corrected chi connectivity index (χ1v) is 12.6. The molecule has 9 heteroatoms. The number of hydrogen-bond acceptors (Lipinski definition) is 5. The van der Waals surface area contributed by atoms with Gasteiger partial charge in [0, 0.05) is 6.42 Å². The summed E-state index contributed by atoms with van der Waals surface area (Å²) >= 11 is 0. The van der Waals surface area contributed by atoms with E-state index in [-0.39, 0.29) is 19.6 Å². The van der Waals surface area contributed by atoms with Gasteiger partial charge in [-0.15, -0.1) is 0 Å². The van der Waals surface area contributed by atoms with Crippen molar-refractivity contribution in [1.82, 2.24) is 0 Å². The van der Waals surface area contributed by atoms with E-state index >= 15 is 4.39 Å². The van der Waals surface area contributed by atoms with Crippen molar-refractivity contribution in [3.8, 4) is 0 Å². The van der Waals surface area contributed by atoms with Crippen molar-refractivity contribution in [1.29, 1.82) is 0 Å². The Kier molecular flexibility index (Phi) is 13.8. The van der Waals surface area contributed by atoms with Crippen LogP contribution in [0.25, 0.3) is 0 Å². The highest BCUT2D eigenvalue weighted by Crippen LogP contribution is 2.64. The number of alkyl halides is 1. The molecular formula is C19H34FO6PS. The zero-order valence-electron chi connectivity index (χ0n) is 17.0. The summed E-state index contributed by atoms with van der Waals surface area (Å²) in [5, 5.41) is 0. The average molecular weight is 441 g/mol. The number of unbranched alkanes of at least 4 members (excludes halogenated alkanes) is 3. The standard InChI is InChI=1S/C19H34FO6PS/c1-4-7-8-9-10-11-12-13-14-15-16-17-18-19(20,28(22,23)24)27(21,25-5-2)26-6-3/h4,7,10-11,14-15H,5-6,8-9,12-13,16-18H2,1-3H3,(H,22,23,24)/b7-4+,11-10+,15-14+. The van der Waals surface area contributed by atoms with Gasteiger partial charge in [-0.3, -0.25) is 9.12 Å². The number of allylic oxidation sites excluding steroid dienone is 6. The van der Waals surface area contributed by atoms with Crippen LogP contribution in [0.5, 0.6) is 0 Å². The molecule has 0 rings (SSSR count). The Labute approximate surface area is 169 Å². The van der Waals surface area contributed by atoms with Gasteiger partial charge < -0.3 is 9.05 Å². The fourth-order valence-electron chi connectivity index (χ4n) is 2.44. The van der Waals surface area contributed by atoms with Crippen molar-refractivity contribution in [2.45, 2.75) is 70.5 Å². The number of hydrogen-bond donors (Lipinski definition) is 1. The van der Waals surface area contributed by atoms with Crippen LogP contribution in [0.15, 0.2) is 36.5 Å². The summed E-state index contributed by atoms with van der Waals surface area (Å²) in [7, 11) is -9.99. The van der Waals surface area contributed by atoms with E-state index in [2.05, 4.69) is 18.2 Å². The fraction of sp³-hybridized carbons (Fsp3) is 0.684. The third-order valence-corrected chi connectivity index (χ3v) is 8.42. The highest BCUT2D eigenvalue weighted by molar-refractivity contribution is 7.95. The molecule has 164 valence electrons. The smallest absolute Gasteiger partial charge is 0.306 e. The Morgan fingerprint density at radius 1 is 0.929 bits per heavy atom. The van der Waals surface area contributed by atoms with E-state index < -0.39 is 28.9 Å². The lowest BCUT2D eigenvalue weighted by atomic mass is 10.2. The second kappa shape index (κ2) is 14.2. The third kappa shape index (κ3) is 9.14. The van der Waals surface area contributed by atoms with E-state index in [9.17, 15) is 17.5 Å². The second-order valence-electron chi connectivity index (χ2n) is 6.06. The van der Waals surface area contributed by atoms with Gasteiger partial charge in [0.05, 0.1) is 13.2 Å². The van der Waals surface area contributed by atoms with Crippen molar-refractivity contribution in [3.05, 3.63) is 36.5 Å². The predicted octanol–water partition coefficient (Wildman–Crippen LogP) is 6.18. The molecule has 0 saturated heterocycles. The number of rotatable bonds is 16. The van der Waals surface area contributed by atoms with Crippen LogP contribution >= 0.6 is 7.60 Å². The molecule has 6 nitrogen and oxygen atoms in total. The summed E-state index contributed by atoms with van der Waals surface area (Å²) in [6.07, 6.45) is 15.6. The van der Waals surface area contributed by atoms with Gasteiger partial charge in [0.2, 0.25) is 0 Å². The summed E-state index contributed by atoms with van der Waals surface area (Å²) in [6.45, 7) is 4.45. The first-order chi connectivity index (χ1) is 13.2. The SMILES string of the molecule is C/C=C/CC/C=C/CC/C=C/CCCC(F)(P(=O)(OCC)OCC)S(=O)(=O)O. The maximum absolute atomic E-state index is 15.1. The molecule has 0 aromatic rings. The van der Waals surface area contributed by atoms with Crippen molar-refractivity contribution < 1.29 is 31.0 Å². The lowest BCUT2D eigenvalue weighted by molar-refractivity contribution is 0.166. The molecule has 0 heterocycles. The highest BCUT2D eigenvalue weighted by atomic mass is 32.2. The van der Waals surface area contributed by atoms with E-state index in [1.807, 2.05) is 25.2 Å². The van der Waals surface area contributed by atoms with Crippen LogP contribution in [0.3, 0.4) is 0 Å². The van der Waals surface area contributed by atoms with E-state index in [4.69, 9.17) is 9.05 Å². The molecule has 0 amide bonds. The topological polar surface area (TPSA) is 89.9 Å². The average Bonchev–Trinajstić information content (AvgIpc) is 2.61. The Balaban J connectivity index is 4.61. The fourth-order valence-corrected chi connectivity index (χ4v) is 5.86. The molecule has 28 heavy (non-hydrogen) atoms. The normalized spacial score (nSPS) is 15.8. The molecule has 0 aliphatic rings. The minimum absolute atomic E-state index is 0.0656. The second-order valence-corrected chi connectivity index (χ2v) is 10.2. The lowest BCUT2D eigenvalue weighted by Crippen LogP contribution is -2.35. The Hall–Kier alpha value is -0.790. The molecule has 0 fully saturated rings. The summed E-state index contributed by atoms with van der Waals surface area (Å²) in [5.74, 6) is 0. The van der Waals surface area contributed by atoms with Crippen LogP contribution < -0.4 is 0 Å². The molecule has 1 unspecified atom stereocenters. The van der Waals surface area contributed by atoms with Crippen molar-refractivity contribution >= 4 is 17.7 Å². The van der Waals surface area contributed by atoms with Crippen LogP contribution in [0.2, 0.25) is 0 Å². The van der Waals surface area contributed by atoms with Crippen LogP contribution in [0.1, 0.15) is 65.7 Å². The summed E-state index contributed by atoms with van der Waals surface area (Å²) in [4.78, 5) is 0. The molecule has 0 saturated carbocycles. The van der Waals surface area contributed by atoms with E-state index in [1.165, 1.54) is 13.8 Å². The molecule has 0 aliphatic heterocycles. The van der Waals surface area contributed by atoms with Gasteiger partial charge >= 0.3 is 22.5 Å². The Bertz CT molecular complexity index is 649. The summed E-state index contributed by atoms with van der Waals surface area (Å²) in [6, 6.07) is 0. The first kappa shape index (κ1) is 27.2. The van der Waals surface area contributed by atoms with Gasteiger partial charge in [0.15, 0.2) is 0 Å². The maximum Gasteiger partial charge on any atom is 0.385 e. The molecule has 1 N–H and O–H groups in total. The molecule has 1 atom stereocenters. The van der Waals surface area contributed by atoms with E-state index in [1.54, 1.807) is 0 Å². The number of halogens is 1. The maximum atomic E-state index is 15.1. The highest BCUT2D eigenvalue weighted by Gasteiger charge is 2.61. The molecule has 0 bridgehead atoms. The van der Waals surface area contributed by atoms with Gasteiger partial charge in [-0.1, -0.05) is 36.5 Å². The van der Waals surface area contributed by atoms with Crippen molar-refractivity contribution in [2.24, 2.45) is 0 Å². The van der Waals surface area contributed by atoms with Gasteiger partial charge in [-0.05, 0) is 59.3 Å². The van der Waals surface area contributed by atoms with Crippen LogP contribution in [-0.4, -0.2) is 30.9 Å². The van der Waals surface area contributed by atoms with Gasteiger partial charge in [-0.25, -0.2) is 4.39 Å². The first-order valence-electron chi connectivity index (χ1n) is 9.64. The van der Waals surface area contributed by atoms with Gasteiger partial charge in [0.25, 0.3) is 0 Å². The molecule has 0 radical (unpaired) electrons. The minimum Gasteiger partial charge on any atom is -0.306 e. The minimum atomic E-state index is -5.30. The molecule has 0 aliphatic carbocycles. The van der Waals surface area contributed by atoms with Crippen LogP contribution in [0, 0.1) is 0 Å². The van der Waals surface area contributed by atoms with Crippen molar-refractivity contribution in [3.63, 3.8) is 0 Å². The van der Waals surface area contributed by atoms with Crippen molar-refractivity contribution in [2.75, 3.05) is 13.2 Å². The Morgan fingerprint density at radius 2 is 1.36 bits per heavy atom. The molecule has 0 aromatic heterocycles. The van der Waals surface area contributed by atoms with E-state index in [0.717, 1.165) is 25.7 Å². The third-order valence-electron chi connectivity index (χ3n) is 3.83. The zero-order valence-corrected chi connectivity index (χ0v) is 18.8. The monoisotopic (exact) mass is 440 g/mol. The Morgan fingerprint density at radius 3 is 1.75 bits per heavy atom. The molecule has 0 aromatic carbocycles. The van der Waals surface area contributed by atoms with Gasteiger partial charge in [-0.2, -0.15) is 8.42 Å². The van der Waals surface area contributed by atoms with Gasteiger partial charge in [0.1, 0.15) is 0 Å². The zero-order chi connectivity index (χ0) is 21.5. The lowest BCUT2D eigenvalue weighted by Gasteiger charge is -2.29. The quantitative estimate of drug-likeness (QED) is 0.133. The summed E-state index contributed by atoms with van der Waals surface area (Å²) in [5.41, 5.74) is 0. The van der Waals surface area contributed by atoms with E-state index in [0.29, 0.717) is 6.42 Å². The van der Waals surface area contributed by atoms with Crippen LogP contribution in [0.4, 0.5) is 4.39 Å². The predicted molar refractivity (Wildman–Crippen MR) is 112 cm³/mol.